The van der Waals surface area contributed by atoms with Crippen molar-refractivity contribution in [2.75, 3.05) is 39.8 Å². The van der Waals surface area contributed by atoms with E-state index in [1.807, 2.05) is 11.3 Å². The maximum atomic E-state index is 12.5. The fourth-order valence-corrected chi connectivity index (χ4v) is 5.51. The van der Waals surface area contributed by atoms with Crippen LogP contribution in [0.2, 0.25) is 0 Å². The number of hydrogen-bond donors (Lipinski definition) is 0. The predicted molar refractivity (Wildman–Crippen MR) is 98.1 cm³/mol. The van der Waals surface area contributed by atoms with Crippen LogP contribution in [0, 0.1) is 5.41 Å². The first-order chi connectivity index (χ1) is 11.6. The van der Waals surface area contributed by atoms with Gasteiger partial charge in [-0.3, -0.25) is 9.69 Å². The number of likely N-dealkylation sites (tertiary alicyclic amines) is 3. The van der Waals surface area contributed by atoms with Crippen LogP contribution in [0.3, 0.4) is 0 Å². The molecule has 3 saturated heterocycles. The first-order valence-electron chi connectivity index (χ1n) is 9.36. The second-order valence-electron chi connectivity index (χ2n) is 8.08. The van der Waals surface area contributed by atoms with Gasteiger partial charge in [-0.1, -0.05) is 6.07 Å². The first kappa shape index (κ1) is 16.6. The van der Waals surface area contributed by atoms with E-state index in [1.165, 1.54) is 30.8 Å². The highest BCUT2D eigenvalue weighted by Gasteiger charge is 2.43. The molecule has 4 heterocycles. The number of piperidine rings is 2. The molecule has 0 bridgehead atoms. The Morgan fingerprint density at radius 1 is 1.25 bits per heavy atom. The third-order valence-corrected chi connectivity index (χ3v) is 7.24. The zero-order valence-electron chi connectivity index (χ0n) is 14.7. The molecule has 132 valence electrons. The maximum absolute atomic E-state index is 12.5. The van der Waals surface area contributed by atoms with Gasteiger partial charge >= 0.3 is 0 Å². The molecule has 0 aromatic carbocycles. The zero-order chi connectivity index (χ0) is 16.6. The highest BCUT2D eigenvalue weighted by Crippen LogP contribution is 2.41. The normalized spacial score (nSPS) is 28.8. The number of carbonyl (C=O) groups is 1. The molecule has 4 nitrogen and oxygen atoms in total. The fourth-order valence-electron chi connectivity index (χ4n) is 4.76. The van der Waals surface area contributed by atoms with Gasteiger partial charge in [-0.25, -0.2) is 0 Å². The number of rotatable bonds is 3. The molecule has 5 heteroatoms. The Morgan fingerprint density at radius 2 is 2.08 bits per heavy atom. The van der Waals surface area contributed by atoms with Gasteiger partial charge in [0, 0.05) is 37.0 Å². The molecule has 24 heavy (non-hydrogen) atoms. The van der Waals surface area contributed by atoms with Gasteiger partial charge in [0.05, 0.1) is 0 Å². The van der Waals surface area contributed by atoms with Crippen molar-refractivity contribution in [3.8, 4) is 0 Å². The SMILES string of the molecule is CN1CCC(N2CC3(CCC2=O)CCN(Cc2cccs2)CC3)C1. The van der Waals surface area contributed by atoms with E-state index in [0.717, 1.165) is 45.4 Å². The Bertz CT molecular complexity index is 565. The van der Waals surface area contributed by atoms with E-state index in [9.17, 15) is 4.79 Å². The topological polar surface area (TPSA) is 26.8 Å². The number of nitrogens with zero attached hydrogens (tertiary/aromatic N) is 3. The average Bonchev–Trinajstić information content (AvgIpc) is 3.24. The van der Waals surface area contributed by atoms with Crippen LogP contribution in [0.25, 0.3) is 0 Å². The molecule has 0 aliphatic carbocycles. The van der Waals surface area contributed by atoms with Gasteiger partial charge < -0.3 is 9.80 Å². The summed E-state index contributed by atoms with van der Waals surface area (Å²) in [5.74, 6) is 0.405. The van der Waals surface area contributed by atoms with Crippen LogP contribution < -0.4 is 0 Å². The third-order valence-electron chi connectivity index (χ3n) is 6.38. The Kier molecular flexibility index (Phi) is 4.67. The molecule has 0 saturated carbocycles. The molecule has 1 spiro atoms. The van der Waals surface area contributed by atoms with Gasteiger partial charge in [-0.2, -0.15) is 0 Å². The zero-order valence-corrected chi connectivity index (χ0v) is 15.6. The monoisotopic (exact) mass is 347 g/mol. The summed E-state index contributed by atoms with van der Waals surface area (Å²) in [4.78, 5) is 21.2. The van der Waals surface area contributed by atoms with E-state index in [0.29, 0.717) is 17.4 Å². The van der Waals surface area contributed by atoms with Gasteiger partial charge in [0.25, 0.3) is 0 Å². The summed E-state index contributed by atoms with van der Waals surface area (Å²) in [5.41, 5.74) is 0.390. The lowest BCUT2D eigenvalue weighted by Gasteiger charge is -2.49. The first-order valence-corrected chi connectivity index (χ1v) is 10.2. The summed E-state index contributed by atoms with van der Waals surface area (Å²) in [6, 6.07) is 4.85. The second kappa shape index (κ2) is 6.77. The van der Waals surface area contributed by atoms with Crippen LogP contribution in [0.15, 0.2) is 17.5 Å². The predicted octanol–water partition coefficient (Wildman–Crippen LogP) is 2.66. The minimum Gasteiger partial charge on any atom is -0.338 e. The minimum atomic E-state index is 0.390. The highest BCUT2D eigenvalue weighted by atomic mass is 32.1. The number of thiophene rings is 1. The van der Waals surface area contributed by atoms with Crippen molar-refractivity contribution in [3.63, 3.8) is 0 Å². The molecule has 1 atom stereocenters. The largest absolute Gasteiger partial charge is 0.338 e. The average molecular weight is 348 g/mol. The Hall–Kier alpha value is -0.910. The van der Waals surface area contributed by atoms with Gasteiger partial charge in [-0.05, 0) is 69.2 Å². The lowest BCUT2D eigenvalue weighted by atomic mass is 9.72. The highest BCUT2D eigenvalue weighted by molar-refractivity contribution is 7.09. The standard InChI is InChI=1S/C19H29N3OS/c1-20-9-5-16(13-20)22-15-19(6-4-18(22)23)7-10-21(11-8-19)14-17-3-2-12-24-17/h2-3,12,16H,4-11,13-15H2,1H3. The maximum Gasteiger partial charge on any atom is 0.222 e. The van der Waals surface area contributed by atoms with E-state index < -0.39 is 0 Å². The van der Waals surface area contributed by atoms with Crippen molar-refractivity contribution in [2.24, 2.45) is 5.41 Å². The molecule has 1 amide bonds. The molecule has 0 radical (unpaired) electrons. The van der Waals surface area contributed by atoms with Crippen molar-refractivity contribution < 1.29 is 4.79 Å². The number of amides is 1. The van der Waals surface area contributed by atoms with E-state index in [1.54, 1.807) is 0 Å². The van der Waals surface area contributed by atoms with Crippen LogP contribution in [0.5, 0.6) is 0 Å². The van der Waals surface area contributed by atoms with Gasteiger partial charge in [0.2, 0.25) is 5.91 Å². The Balaban J connectivity index is 1.36. The molecular weight excluding hydrogens is 318 g/mol. The van der Waals surface area contributed by atoms with Crippen molar-refractivity contribution in [2.45, 2.75) is 44.7 Å². The summed E-state index contributed by atoms with van der Waals surface area (Å²) in [6.45, 7) is 6.68. The van der Waals surface area contributed by atoms with E-state index >= 15 is 0 Å². The lowest BCUT2D eigenvalue weighted by Crippen LogP contribution is -2.54. The van der Waals surface area contributed by atoms with E-state index in [4.69, 9.17) is 0 Å². The molecule has 3 aliphatic heterocycles. The van der Waals surface area contributed by atoms with Crippen molar-refractivity contribution >= 4 is 17.2 Å². The van der Waals surface area contributed by atoms with Crippen LogP contribution >= 0.6 is 11.3 Å². The molecule has 1 aromatic heterocycles. The van der Waals surface area contributed by atoms with E-state index in [2.05, 4.69) is 39.3 Å². The van der Waals surface area contributed by atoms with Crippen molar-refractivity contribution in [3.05, 3.63) is 22.4 Å². The van der Waals surface area contributed by atoms with Gasteiger partial charge in [-0.15, -0.1) is 11.3 Å². The van der Waals surface area contributed by atoms with Crippen molar-refractivity contribution in [1.82, 2.24) is 14.7 Å². The quantitative estimate of drug-likeness (QED) is 0.841. The summed E-state index contributed by atoms with van der Waals surface area (Å²) in [5, 5.41) is 2.17. The summed E-state index contributed by atoms with van der Waals surface area (Å²) in [7, 11) is 2.17. The Labute approximate surface area is 149 Å². The van der Waals surface area contributed by atoms with Crippen molar-refractivity contribution in [1.29, 1.82) is 0 Å². The molecule has 4 rings (SSSR count). The van der Waals surface area contributed by atoms with Crippen LogP contribution in [-0.2, 0) is 11.3 Å². The molecule has 1 unspecified atom stereocenters. The molecule has 0 N–H and O–H groups in total. The Morgan fingerprint density at radius 3 is 2.75 bits per heavy atom. The van der Waals surface area contributed by atoms with E-state index in [-0.39, 0.29) is 0 Å². The molecule has 1 aromatic rings. The minimum absolute atomic E-state index is 0.390. The van der Waals surface area contributed by atoms with Crippen LogP contribution in [0.4, 0.5) is 0 Å². The third kappa shape index (κ3) is 3.39. The molecular formula is C19H29N3OS. The summed E-state index contributed by atoms with van der Waals surface area (Å²) < 4.78 is 0. The number of hydrogen-bond acceptors (Lipinski definition) is 4. The summed E-state index contributed by atoms with van der Waals surface area (Å²) >= 11 is 1.86. The smallest absolute Gasteiger partial charge is 0.222 e. The van der Waals surface area contributed by atoms with Gasteiger partial charge in [0.15, 0.2) is 0 Å². The van der Waals surface area contributed by atoms with Crippen LogP contribution in [-0.4, -0.2) is 66.4 Å². The van der Waals surface area contributed by atoms with Gasteiger partial charge in [0.1, 0.15) is 0 Å². The number of carbonyl (C=O) groups excluding carboxylic acids is 1. The van der Waals surface area contributed by atoms with Crippen LogP contribution in [0.1, 0.15) is 37.0 Å². The fraction of sp³-hybridized carbons (Fsp3) is 0.737. The molecule has 3 fully saturated rings. The summed E-state index contributed by atoms with van der Waals surface area (Å²) in [6.07, 6.45) is 5.54. The molecule has 3 aliphatic rings. The second-order valence-corrected chi connectivity index (χ2v) is 9.11. The number of likely N-dealkylation sites (N-methyl/N-ethyl adjacent to an activating group) is 1. The lowest BCUT2D eigenvalue weighted by molar-refractivity contribution is -0.142.